The maximum Gasteiger partial charge on any atom is 0.272 e. The van der Waals surface area contributed by atoms with Crippen LogP contribution in [0.15, 0.2) is 36.4 Å². The number of carbonyl (C=O) groups is 1. The first-order chi connectivity index (χ1) is 13.5. The second kappa shape index (κ2) is 7.85. The summed E-state index contributed by atoms with van der Waals surface area (Å²) in [4.78, 5) is 25.9. The van der Waals surface area contributed by atoms with Crippen molar-refractivity contribution in [2.45, 2.75) is 32.1 Å². The van der Waals surface area contributed by atoms with Crippen LogP contribution in [0, 0.1) is 6.92 Å². The van der Waals surface area contributed by atoms with Gasteiger partial charge >= 0.3 is 0 Å². The Balaban J connectivity index is 1.47. The average molecular weight is 382 g/mol. The lowest BCUT2D eigenvalue weighted by Crippen LogP contribution is -2.46. The molecule has 1 amide bonds. The summed E-state index contributed by atoms with van der Waals surface area (Å²) in [5, 5.41) is 0. The van der Waals surface area contributed by atoms with Crippen molar-refractivity contribution in [1.29, 1.82) is 0 Å². The van der Waals surface area contributed by atoms with E-state index in [1.165, 1.54) is 0 Å². The molecule has 0 atom stereocenters. The highest BCUT2D eigenvalue weighted by atomic mass is 16.7. The van der Waals surface area contributed by atoms with Crippen molar-refractivity contribution in [3.63, 3.8) is 0 Å². The number of aryl methyl sites for hydroxylation is 1. The molecule has 1 aromatic heterocycles. The van der Waals surface area contributed by atoms with Crippen LogP contribution in [-0.2, 0) is 16.0 Å². The first-order valence-corrected chi connectivity index (χ1v) is 9.73. The molecule has 0 radical (unpaired) electrons. The first kappa shape index (κ1) is 18.8. The number of benzene rings is 1. The van der Waals surface area contributed by atoms with E-state index in [0.29, 0.717) is 31.4 Å². The molecule has 2 aliphatic rings. The predicted octanol–water partition coefficient (Wildman–Crippen LogP) is 2.40. The zero-order valence-corrected chi connectivity index (χ0v) is 16.4. The normalized spacial score (nSPS) is 18.4. The average Bonchev–Trinajstić information content (AvgIpc) is 3.16. The van der Waals surface area contributed by atoms with Gasteiger partial charge in [-0.25, -0.2) is 9.97 Å². The van der Waals surface area contributed by atoms with Gasteiger partial charge in [0, 0.05) is 45.2 Å². The number of hydrogen-bond donors (Lipinski definition) is 0. The molecule has 0 N–H and O–H groups in total. The van der Waals surface area contributed by atoms with E-state index in [4.69, 9.17) is 9.47 Å². The molecule has 1 aromatic carbocycles. The zero-order valence-electron chi connectivity index (χ0n) is 16.4. The molecule has 3 heterocycles. The monoisotopic (exact) mass is 382 g/mol. The molecule has 0 unspecified atom stereocenters. The number of anilines is 1. The summed E-state index contributed by atoms with van der Waals surface area (Å²) < 4.78 is 11.6. The quantitative estimate of drug-likeness (QED) is 0.809. The molecule has 0 saturated carbocycles. The minimum atomic E-state index is -0.436. The predicted molar refractivity (Wildman–Crippen MR) is 105 cm³/mol. The fourth-order valence-electron chi connectivity index (χ4n) is 3.76. The summed E-state index contributed by atoms with van der Waals surface area (Å²) in [6.07, 6.45) is 1.56. The van der Waals surface area contributed by atoms with Gasteiger partial charge < -0.3 is 19.3 Å². The first-order valence-electron chi connectivity index (χ1n) is 9.73. The number of ether oxygens (including phenoxy) is 2. The molecular weight excluding hydrogens is 356 g/mol. The Hall–Kier alpha value is -2.51. The van der Waals surface area contributed by atoms with E-state index in [1.54, 1.807) is 18.0 Å². The minimum Gasteiger partial charge on any atom is -0.347 e. The molecule has 28 heavy (non-hydrogen) atoms. The summed E-state index contributed by atoms with van der Waals surface area (Å²) in [6, 6.07) is 11.7. The molecule has 148 valence electrons. The number of amides is 1. The Morgan fingerprint density at radius 1 is 1.14 bits per heavy atom. The SMILES string of the molecule is Cc1cc(C(=O)N(C)Cc2ccccc2)nc(N2CCC3(CC2)OCCO3)n1. The zero-order chi connectivity index (χ0) is 19.6. The summed E-state index contributed by atoms with van der Waals surface area (Å²) in [7, 11) is 1.80. The Labute approximate surface area is 165 Å². The molecule has 2 fully saturated rings. The van der Waals surface area contributed by atoms with Gasteiger partial charge in [-0.3, -0.25) is 4.79 Å². The molecular formula is C21H26N4O3. The number of hydrogen-bond acceptors (Lipinski definition) is 6. The topological polar surface area (TPSA) is 67.8 Å². The molecule has 2 aliphatic heterocycles. The van der Waals surface area contributed by atoms with E-state index in [1.807, 2.05) is 37.3 Å². The largest absolute Gasteiger partial charge is 0.347 e. The van der Waals surface area contributed by atoms with Crippen molar-refractivity contribution in [2.24, 2.45) is 0 Å². The molecule has 7 heteroatoms. The van der Waals surface area contributed by atoms with Crippen molar-refractivity contribution >= 4 is 11.9 Å². The third-order valence-electron chi connectivity index (χ3n) is 5.29. The molecule has 0 aliphatic carbocycles. The summed E-state index contributed by atoms with van der Waals surface area (Å²) >= 11 is 0. The van der Waals surface area contributed by atoms with Crippen LogP contribution in [0.3, 0.4) is 0 Å². The van der Waals surface area contributed by atoms with E-state index in [-0.39, 0.29) is 5.91 Å². The van der Waals surface area contributed by atoms with Crippen LogP contribution < -0.4 is 4.90 Å². The second-order valence-electron chi connectivity index (χ2n) is 7.44. The van der Waals surface area contributed by atoms with Gasteiger partial charge in [-0.15, -0.1) is 0 Å². The Morgan fingerprint density at radius 2 is 1.82 bits per heavy atom. The van der Waals surface area contributed by atoms with Crippen molar-refractivity contribution in [1.82, 2.24) is 14.9 Å². The highest BCUT2D eigenvalue weighted by molar-refractivity contribution is 5.92. The van der Waals surface area contributed by atoms with Crippen LogP contribution in [0.25, 0.3) is 0 Å². The van der Waals surface area contributed by atoms with Gasteiger partial charge in [0.25, 0.3) is 5.91 Å². The van der Waals surface area contributed by atoms with Gasteiger partial charge in [0.15, 0.2) is 5.79 Å². The van der Waals surface area contributed by atoms with E-state index in [0.717, 1.165) is 37.2 Å². The summed E-state index contributed by atoms with van der Waals surface area (Å²) in [5.74, 6) is 0.0605. The number of nitrogens with zero attached hydrogens (tertiary/aromatic N) is 4. The highest BCUT2D eigenvalue weighted by Crippen LogP contribution is 2.32. The van der Waals surface area contributed by atoms with Crippen LogP contribution in [0.2, 0.25) is 0 Å². The van der Waals surface area contributed by atoms with Crippen molar-refractivity contribution in [2.75, 3.05) is 38.3 Å². The third kappa shape index (κ3) is 4.00. The Bertz CT molecular complexity index is 827. The van der Waals surface area contributed by atoms with E-state index < -0.39 is 5.79 Å². The number of rotatable bonds is 4. The molecule has 1 spiro atoms. The second-order valence-corrected chi connectivity index (χ2v) is 7.44. The van der Waals surface area contributed by atoms with Gasteiger partial charge in [-0.1, -0.05) is 30.3 Å². The fraction of sp³-hybridized carbons (Fsp3) is 0.476. The van der Waals surface area contributed by atoms with Gasteiger partial charge in [0.1, 0.15) is 5.69 Å². The van der Waals surface area contributed by atoms with Crippen LogP contribution in [0.4, 0.5) is 5.95 Å². The third-order valence-corrected chi connectivity index (χ3v) is 5.29. The van der Waals surface area contributed by atoms with Crippen molar-refractivity contribution < 1.29 is 14.3 Å². The molecule has 2 saturated heterocycles. The molecule has 2 aromatic rings. The van der Waals surface area contributed by atoms with Gasteiger partial charge in [-0.05, 0) is 18.6 Å². The lowest BCUT2D eigenvalue weighted by Gasteiger charge is -2.37. The van der Waals surface area contributed by atoms with Crippen LogP contribution in [0.5, 0.6) is 0 Å². The van der Waals surface area contributed by atoms with E-state index in [2.05, 4.69) is 14.9 Å². The van der Waals surface area contributed by atoms with Gasteiger partial charge in [0.2, 0.25) is 5.95 Å². The van der Waals surface area contributed by atoms with E-state index in [9.17, 15) is 4.79 Å². The van der Waals surface area contributed by atoms with Gasteiger partial charge in [0.05, 0.1) is 13.2 Å². The summed E-state index contributed by atoms with van der Waals surface area (Å²) in [6.45, 7) is 5.25. The fourth-order valence-corrected chi connectivity index (χ4v) is 3.76. The number of aromatic nitrogens is 2. The molecule has 7 nitrogen and oxygen atoms in total. The Kier molecular flexibility index (Phi) is 5.28. The molecule has 0 bridgehead atoms. The van der Waals surface area contributed by atoms with Crippen LogP contribution in [0.1, 0.15) is 34.6 Å². The van der Waals surface area contributed by atoms with E-state index >= 15 is 0 Å². The van der Waals surface area contributed by atoms with Crippen LogP contribution in [-0.4, -0.2) is 59.9 Å². The minimum absolute atomic E-state index is 0.105. The van der Waals surface area contributed by atoms with Crippen molar-refractivity contribution in [3.05, 3.63) is 53.3 Å². The smallest absolute Gasteiger partial charge is 0.272 e. The van der Waals surface area contributed by atoms with Crippen molar-refractivity contribution in [3.8, 4) is 0 Å². The Morgan fingerprint density at radius 3 is 2.50 bits per heavy atom. The number of carbonyl (C=O) groups excluding carboxylic acids is 1. The number of piperidine rings is 1. The lowest BCUT2D eigenvalue weighted by molar-refractivity contribution is -0.169. The maximum atomic E-state index is 12.9. The maximum absolute atomic E-state index is 12.9. The summed E-state index contributed by atoms with van der Waals surface area (Å²) in [5.41, 5.74) is 2.30. The lowest BCUT2D eigenvalue weighted by atomic mass is 10.0. The van der Waals surface area contributed by atoms with Crippen LogP contribution >= 0.6 is 0 Å². The standard InChI is InChI=1S/C21H26N4O3/c1-16-14-18(19(26)24(2)15-17-6-4-3-5-7-17)23-20(22-16)25-10-8-21(9-11-25)27-12-13-28-21/h3-7,14H,8-13,15H2,1-2H3. The van der Waals surface area contributed by atoms with Gasteiger partial charge in [-0.2, -0.15) is 0 Å². The highest BCUT2D eigenvalue weighted by Gasteiger charge is 2.40. The molecule has 4 rings (SSSR count).